The van der Waals surface area contributed by atoms with Crippen LogP contribution in [0.4, 0.5) is 5.69 Å². The molecule has 5 aromatic rings. The number of rotatable bonds is 3. The smallest absolute Gasteiger partial charge is 0.155 e. The lowest BCUT2D eigenvalue weighted by Gasteiger charge is -2.17. The maximum Gasteiger partial charge on any atom is 0.155 e. The van der Waals surface area contributed by atoms with Crippen LogP contribution in [0.5, 0.6) is 0 Å². The monoisotopic (exact) mass is 367 g/mol. The Labute approximate surface area is 163 Å². The van der Waals surface area contributed by atoms with Crippen LogP contribution in [0, 0.1) is 0 Å². The molecule has 0 saturated carbocycles. The Morgan fingerprint density at radius 3 is 2.64 bits per heavy atom. The highest BCUT2D eigenvalue weighted by molar-refractivity contribution is 5.85. The summed E-state index contributed by atoms with van der Waals surface area (Å²) >= 11 is 0. The molecule has 0 unspecified atom stereocenters. The predicted octanol–water partition coefficient (Wildman–Crippen LogP) is 4.62. The van der Waals surface area contributed by atoms with Crippen LogP contribution in [-0.4, -0.2) is 33.0 Å². The van der Waals surface area contributed by atoms with Crippen molar-refractivity contribution in [2.24, 2.45) is 7.05 Å². The molecule has 5 rings (SSSR count). The number of imidazole rings is 1. The molecule has 3 heterocycles. The van der Waals surface area contributed by atoms with E-state index in [4.69, 9.17) is 0 Å². The van der Waals surface area contributed by atoms with Gasteiger partial charge in [-0.25, -0.2) is 4.98 Å². The van der Waals surface area contributed by atoms with Crippen molar-refractivity contribution in [3.05, 3.63) is 73.3 Å². The van der Waals surface area contributed by atoms with E-state index < -0.39 is 0 Å². The first-order valence-electron chi connectivity index (χ1n) is 9.27. The van der Waals surface area contributed by atoms with Crippen LogP contribution in [0.25, 0.3) is 39.1 Å². The van der Waals surface area contributed by atoms with Gasteiger partial charge in [-0.3, -0.25) is 9.38 Å². The Balaban J connectivity index is 1.68. The topological polar surface area (TPSA) is 38.4 Å². The highest BCUT2D eigenvalue weighted by Gasteiger charge is 2.12. The van der Waals surface area contributed by atoms with Gasteiger partial charge in [-0.15, -0.1) is 0 Å². The molecule has 0 radical (unpaired) electrons. The lowest BCUT2D eigenvalue weighted by atomic mass is 10.1. The molecule has 0 fully saturated rings. The van der Waals surface area contributed by atoms with Crippen molar-refractivity contribution < 1.29 is 0 Å². The van der Waals surface area contributed by atoms with Gasteiger partial charge in [0, 0.05) is 61.3 Å². The summed E-state index contributed by atoms with van der Waals surface area (Å²) in [6.07, 6.45) is 7.92. The molecule has 5 nitrogen and oxygen atoms in total. The number of anilines is 1. The van der Waals surface area contributed by atoms with Gasteiger partial charge in [-0.2, -0.15) is 0 Å². The van der Waals surface area contributed by atoms with Crippen molar-refractivity contribution in [3.63, 3.8) is 0 Å². The molecule has 0 spiro atoms. The second-order valence-electron chi connectivity index (χ2n) is 7.26. The minimum absolute atomic E-state index is 0.842. The molecule has 5 heteroatoms. The van der Waals surface area contributed by atoms with Crippen molar-refractivity contribution in [2.45, 2.75) is 0 Å². The molecule has 0 saturated heterocycles. The van der Waals surface area contributed by atoms with Crippen molar-refractivity contribution in [2.75, 3.05) is 19.0 Å². The van der Waals surface area contributed by atoms with Crippen LogP contribution in [0.1, 0.15) is 0 Å². The van der Waals surface area contributed by atoms with E-state index in [-0.39, 0.29) is 0 Å². The van der Waals surface area contributed by atoms with Crippen LogP contribution in [-0.2, 0) is 7.05 Å². The van der Waals surface area contributed by atoms with Crippen molar-refractivity contribution in [3.8, 4) is 22.5 Å². The lowest BCUT2D eigenvalue weighted by molar-refractivity contribution is 0.969. The summed E-state index contributed by atoms with van der Waals surface area (Å²) in [5, 5.41) is 1.22. The Morgan fingerprint density at radius 1 is 0.929 bits per heavy atom. The highest BCUT2D eigenvalue weighted by Crippen LogP contribution is 2.30. The number of aryl methyl sites for hydroxylation is 1. The summed E-state index contributed by atoms with van der Waals surface area (Å²) in [5.41, 5.74) is 7.44. The first-order valence-corrected chi connectivity index (χ1v) is 9.27. The molecule has 3 aromatic heterocycles. The fourth-order valence-electron chi connectivity index (χ4n) is 3.76. The molecule has 0 aliphatic heterocycles. The van der Waals surface area contributed by atoms with Gasteiger partial charge in [-0.1, -0.05) is 24.3 Å². The van der Waals surface area contributed by atoms with Crippen LogP contribution >= 0.6 is 0 Å². The molecule has 2 aromatic carbocycles. The molecule has 138 valence electrons. The summed E-state index contributed by atoms with van der Waals surface area (Å²) in [7, 11) is 6.17. The Morgan fingerprint density at radius 2 is 1.79 bits per heavy atom. The van der Waals surface area contributed by atoms with Gasteiger partial charge in [0.25, 0.3) is 0 Å². The third kappa shape index (κ3) is 2.55. The van der Waals surface area contributed by atoms with E-state index in [1.165, 1.54) is 10.9 Å². The van der Waals surface area contributed by atoms with E-state index in [1.807, 2.05) is 18.5 Å². The van der Waals surface area contributed by atoms with Crippen LogP contribution in [0.15, 0.2) is 73.3 Å². The second kappa shape index (κ2) is 6.23. The standard InChI is InChI=1S/C23H21N5/c1-26(2)21-7-5-4-6-18(21)19-15-28-22(13-25-23(28)14-24-19)16-8-9-20-17(12-16)10-11-27(20)3/h4-15H,1-3H3. The predicted molar refractivity (Wildman–Crippen MR) is 115 cm³/mol. The van der Waals surface area contributed by atoms with Gasteiger partial charge < -0.3 is 9.47 Å². The van der Waals surface area contributed by atoms with Crippen LogP contribution in [0.2, 0.25) is 0 Å². The van der Waals surface area contributed by atoms with Crippen molar-refractivity contribution in [1.29, 1.82) is 0 Å². The molecule has 28 heavy (non-hydrogen) atoms. The molecule has 0 aliphatic rings. The van der Waals surface area contributed by atoms with Gasteiger partial charge in [-0.05, 0) is 24.3 Å². The third-order valence-electron chi connectivity index (χ3n) is 5.24. The molecule has 0 amide bonds. The van der Waals surface area contributed by atoms with E-state index in [2.05, 4.69) is 99.8 Å². The van der Waals surface area contributed by atoms with Gasteiger partial charge in [0.1, 0.15) is 0 Å². The number of aromatic nitrogens is 4. The lowest BCUT2D eigenvalue weighted by Crippen LogP contribution is -2.10. The Kier molecular flexibility index (Phi) is 3.69. The number of hydrogen-bond acceptors (Lipinski definition) is 3. The zero-order valence-electron chi connectivity index (χ0n) is 16.2. The van der Waals surface area contributed by atoms with Crippen molar-refractivity contribution >= 4 is 22.2 Å². The number of fused-ring (bicyclic) bond motifs is 2. The highest BCUT2D eigenvalue weighted by atomic mass is 15.1. The molecular formula is C23H21N5. The molecular weight excluding hydrogens is 346 g/mol. The Hall–Kier alpha value is -3.60. The number of nitrogens with zero attached hydrogens (tertiary/aromatic N) is 5. The normalized spacial score (nSPS) is 11.4. The maximum absolute atomic E-state index is 4.67. The largest absolute Gasteiger partial charge is 0.377 e. The van der Waals surface area contributed by atoms with Gasteiger partial charge in [0.2, 0.25) is 0 Å². The summed E-state index contributed by atoms with van der Waals surface area (Å²) in [6, 6.07) is 17.0. The van der Waals surface area contributed by atoms with E-state index >= 15 is 0 Å². The molecule has 0 N–H and O–H groups in total. The minimum Gasteiger partial charge on any atom is -0.377 e. The molecule has 0 aliphatic carbocycles. The van der Waals surface area contributed by atoms with Gasteiger partial charge in [0.15, 0.2) is 5.65 Å². The first-order chi connectivity index (χ1) is 13.6. The SMILES string of the molecule is CN(C)c1ccccc1-c1cn2c(-c3ccc4c(ccn4C)c3)cnc2cn1. The summed E-state index contributed by atoms with van der Waals surface area (Å²) < 4.78 is 4.26. The van der Waals surface area contributed by atoms with E-state index in [9.17, 15) is 0 Å². The average molecular weight is 367 g/mol. The van der Waals surface area contributed by atoms with Crippen LogP contribution < -0.4 is 4.90 Å². The fourth-order valence-corrected chi connectivity index (χ4v) is 3.76. The maximum atomic E-state index is 4.67. The van der Waals surface area contributed by atoms with Crippen molar-refractivity contribution in [1.82, 2.24) is 18.9 Å². The van der Waals surface area contributed by atoms with Gasteiger partial charge >= 0.3 is 0 Å². The molecule has 0 bridgehead atoms. The zero-order valence-corrected chi connectivity index (χ0v) is 16.2. The number of para-hydroxylation sites is 1. The average Bonchev–Trinajstić information content (AvgIpc) is 3.30. The summed E-state index contributed by atoms with van der Waals surface area (Å²) in [4.78, 5) is 11.3. The van der Waals surface area contributed by atoms with E-state index in [0.717, 1.165) is 33.8 Å². The molecule has 0 atom stereocenters. The van der Waals surface area contributed by atoms with E-state index in [1.54, 1.807) is 0 Å². The fraction of sp³-hybridized carbons (Fsp3) is 0.130. The quantitative estimate of drug-likeness (QED) is 0.467. The third-order valence-corrected chi connectivity index (χ3v) is 5.24. The summed E-state index contributed by atoms with van der Waals surface area (Å²) in [6.45, 7) is 0. The van der Waals surface area contributed by atoms with E-state index in [0.29, 0.717) is 0 Å². The second-order valence-corrected chi connectivity index (χ2v) is 7.26. The minimum atomic E-state index is 0.842. The van der Waals surface area contributed by atoms with Gasteiger partial charge in [0.05, 0.1) is 23.8 Å². The summed E-state index contributed by atoms with van der Waals surface area (Å²) in [5.74, 6) is 0. The first kappa shape index (κ1) is 16.6. The van der Waals surface area contributed by atoms with Crippen LogP contribution in [0.3, 0.4) is 0 Å². The zero-order chi connectivity index (χ0) is 19.3. The number of hydrogen-bond donors (Lipinski definition) is 0. The number of benzene rings is 2. The Bertz CT molecular complexity index is 1310.